The Morgan fingerprint density at radius 3 is 2.60 bits per heavy atom. The van der Waals surface area contributed by atoms with Crippen molar-refractivity contribution in [2.45, 2.75) is 26.3 Å². The highest BCUT2D eigenvalue weighted by Gasteiger charge is 2.30. The van der Waals surface area contributed by atoms with E-state index in [2.05, 4.69) is 5.32 Å². The fraction of sp³-hybridized carbons (Fsp3) is 0.286. The van der Waals surface area contributed by atoms with Gasteiger partial charge in [-0.3, -0.25) is 4.79 Å². The topological polar surface area (TPSA) is 66.4 Å². The Morgan fingerprint density at radius 1 is 1.35 bits per heavy atom. The molecule has 0 fully saturated rings. The van der Waals surface area contributed by atoms with Gasteiger partial charge < -0.3 is 10.4 Å². The van der Waals surface area contributed by atoms with Gasteiger partial charge in [0.05, 0.1) is 4.88 Å². The number of hydrogen-bond donors (Lipinski definition) is 2. The molecular formula is C14H14FNO3S. The summed E-state index contributed by atoms with van der Waals surface area (Å²) in [7, 11) is 0. The number of amides is 1. The van der Waals surface area contributed by atoms with Crippen molar-refractivity contribution >= 4 is 33.3 Å². The van der Waals surface area contributed by atoms with Crippen LogP contribution in [0.1, 0.15) is 29.1 Å². The van der Waals surface area contributed by atoms with Crippen LogP contribution in [0.15, 0.2) is 18.2 Å². The summed E-state index contributed by atoms with van der Waals surface area (Å²) < 4.78 is 14.0. The van der Waals surface area contributed by atoms with Crippen molar-refractivity contribution in [3.8, 4) is 0 Å². The Morgan fingerprint density at radius 2 is 2.00 bits per heavy atom. The van der Waals surface area contributed by atoms with Gasteiger partial charge in [0.1, 0.15) is 11.4 Å². The summed E-state index contributed by atoms with van der Waals surface area (Å²) in [6, 6.07) is 4.32. The summed E-state index contributed by atoms with van der Waals surface area (Å²) in [4.78, 5) is 23.6. The molecule has 0 aliphatic carbocycles. The molecule has 0 unspecified atom stereocenters. The zero-order valence-corrected chi connectivity index (χ0v) is 12.1. The maximum Gasteiger partial charge on any atom is 0.328 e. The quantitative estimate of drug-likeness (QED) is 0.915. The number of benzene rings is 1. The molecule has 1 aromatic heterocycles. The van der Waals surface area contributed by atoms with Crippen LogP contribution in [0.3, 0.4) is 0 Å². The van der Waals surface area contributed by atoms with E-state index in [1.54, 1.807) is 13.0 Å². The van der Waals surface area contributed by atoms with Gasteiger partial charge in [-0.25, -0.2) is 9.18 Å². The summed E-state index contributed by atoms with van der Waals surface area (Å²) in [5.74, 6) is -1.94. The summed E-state index contributed by atoms with van der Waals surface area (Å²) in [5, 5.41) is 12.2. The standard InChI is InChI=1S/C14H14FNO3S/c1-7-9-6-8(15)4-5-10(9)20-11(7)12(17)16-14(2,3)13(18)19/h4-6H,1-3H3,(H,16,17)(H,18,19). The maximum absolute atomic E-state index is 13.2. The van der Waals surface area contributed by atoms with Crippen LogP contribution < -0.4 is 5.32 Å². The molecule has 0 atom stereocenters. The number of halogens is 1. The van der Waals surface area contributed by atoms with Crippen molar-refractivity contribution in [3.05, 3.63) is 34.5 Å². The third kappa shape index (κ3) is 2.51. The van der Waals surface area contributed by atoms with E-state index in [9.17, 15) is 14.0 Å². The van der Waals surface area contributed by atoms with Gasteiger partial charge in [-0.05, 0) is 49.9 Å². The van der Waals surface area contributed by atoms with Gasteiger partial charge >= 0.3 is 5.97 Å². The maximum atomic E-state index is 13.2. The van der Waals surface area contributed by atoms with E-state index < -0.39 is 17.4 Å². The molecule has 2 aromatic rings. The van der Waals surface area contributed by atoms with Crippen LogP contribution in [0.25, 0.3) is 10.1 Å². The molecule has 4 nitrogen and oxygen atoms in total. The molecule has 0 aliphatic heterocycles. The molecule has 20 heavy (non-hydrogen) atoms. The summed E-state index contributed by atoms with van der Waals surface area (Å²) in [6.45, 7) is 4.55. The van der Waals surface area contributed by atoms with Crippen molar-refractivity contribution in [1.29, 1.82) is 0 Å². The lowest BCUT2D eigenvalue weighted by atomic mass is 10.1. The first-order valence-corrected chi connectivity index (χ1v) is 6.78. The minimum atomic E-state index is -1.36. The highest BCUT2D eigenvalue weighted by atomic mass is 32.1. The molecule has 1 heterocycles. The summed E-state index contributed by atoms with van der Waals surface area (Å²) in [5.41, 5.74) is -0.700. The van der Waals surface area contributed by atoms with Gasteiger partial charge in [-0.1, -0.05) is 0 Å². The van der Waals surface area contributed by atoms with E-state index in [1.807, 2.05) is 0 Å². The van der Waals surface area contributed by atoms with Crippen molar-refractivity contribution in [3.63, 3.8) is 0 Å². The van der Waals surface area contributed by atoms with Crippen LogP contribution in [0.2, 0.25) is 0 Å². The molecule has 0 aliphatic rings. The van der Waals surface area contributed by atoms with Crippen LogP contribution >= 0.6 is 11.3 Å². The molecule has 106 valence electrons. The third-order valence-electron chi connectivity index (χ3n) is 3.07. The van der Waals surface area contributed by atoms with Crippen LogP contribution in [0.4, 0.5) is 4.39 Å². The number of carbonyl (C=O) groups excluding carboxylic acids is 1. The Bertz CT molecular complexity index is 706. The van der Waals surface area contributed by atoms with E-state index in [0.717, 1.165) is 4.70 Å². The number of rotatable bonds is 3. The van der Waals surface area contributed by atoms with Crippen molar-refractivity contribution in [1.82, 2.24) is 5.32 Å². The normalized spacial score (nSPS) is 11.6. The average Bonchev–Trinajstić information content (AvgIpc) is 2.66. The van der Waals surface area contributed by atoms with E-state index >= 15 is 0 Å². The van der Waals surface area contributed by atoms with Crippen LogP contribution in [-0.4, -0.2) is 22.5 Å². The number of aryl methyl sites for hydroxylation is 1. The van der Waals surface area contributed by atoms with Crippen LogP contribution in [0, 0.1) is 12.7 Å². The average molecular weight is 295 g/mol. The van der Waals surface area contributed by atoms with Crippen molar-refractivity contribution in [2.75, 3.05) is 0 Å². The molecule has 2 N–H and O–H groups in total. The van der Waals surface area contributed by atoms with Crippen molar-refractivity contribution in [2.24, 2.45) is 0 Å². The fourth-order valence-corrected chi connectivity index (χ4v) is 2.89. The first-order valence-electron chi connectivity index (χ1n) is 5.97. The number of carboxylic acid groups (broad SMARTS) is 1. The Labute approximate surface area is 119 Å². The van der Waals surface area contributed by atoms with E-state index in [0.29, 0.717) is 15.8 Å². The van der Waals surface area contributed by atoms with Gasteiger partial charge in [-0.15, -0.1) is 11.3 Å². The lowest BCUT2D eigenvalue weighted by molar-refractivity contribution is -0.143. The molecule has 6 heteroatoms. The van der Waals surface area contributed by atoms with Gasteiger partial charge in [0.2, 0.25) is 0 Å². The second-order valence-electron chi connectivity index (χ2n) is 5.08. The lowest BCUT2D eigenvalue weighted by Gasteiger charge is -2.20. The van der Waals surface area contributed by atoms with Gasteiger partial charge in [0.25, 0.3) is 5.91 Å². The number of carboxylic acids is 1. The third-order valence-corrected chi connectivity index (χ3v) is 4.34. The first kappa shape index (κ1) is 14.5. The number of carbonyl (C=O) groups is 2. The molecule has 0 bridgehead atoms. The predicted octanol–water partition coefficient (Wildman–Crippen LogP) is 2.94. The number of hydrogen-bond acceptors (Lipinski definition) is 3. The molecule has 1 aromatic carbocycles. The molecule has 2 rings (SSSR count). The first-order chi connectivity index (χ1) is 9.22. The zero-order valence-electron chi connectivity index (χ0n) is 11.3. The Balaban J connectivity index is 2.41. The highest BCUT2D eigenvalue weighted by molar-refractivity contribution is 7.21. The smallest absolute Gasteiger partial charge is 0.328 e. The van der Waals surface area contributed by atoms with Crippen LogP contribution in [-0.2, 0) is 4.79 Å². The predicted molar refractivity (Wildman–Crippen MR) is 75.7 cm³/mol. The number of aliphatic carboxylic acids is 1. The Hall–Kier alpha value is -1.95. The summed E-state index contributed by atoms with van der Waals surface area (Å²) in [6.07, 6.45) is 0. The Kier molecular flexibility index (Phi) is 3.52. The fourth-order valence-electron chi connectivity index (χ4n) is 1.80. The van der Waals surface area contributed by atoms with Gasteiger partial charge in [0.15, 0.2) is 0 Å². The number of fused-ring (bicyclic) bond motifs is 1. The number of thiophene rings is 1. The second kappa shape index (κ2) is 4.86. The number of nitrogens with one attached hydrogen (secondary N) is 1. The van der Waals surface area contributed by atoms with Crippen molar-refractivity contribution < 1.29 is 19.1 Å². The SMILES string of the molecule is Cc1c(C(=O)NC(C)(C)C(=O)O)sc2ccc(F)cc12. The highest BCUT2D eigenvalue weighted by Crippen LogP contribution is 2.31. The second-order valence-corrected chi connectivity index (χ2v) is 6.13. The van der Waals surface area contributed by atoms with Crippen LogP contribution in [0.5, 0.6) is 0 Å². The minimum Gasteiger partial charge on any atom is -0.480 e. The minimum absolute atomic E-state index is 0.365. The molecule has 0 spiro atoms. The largest absolute Gasteiger partial charge is 0.480 e. The summed E-state index contributed by atoms with van der Waals surface area (Å²) >= 11 is 1.22. The zero-order chi connectivity index (χ0) is 15.1. The van der Waals surface area contributed by atoms with Gasteiger partial charge in [-0.2, -0.15) is 0 Å². The van der Waals surface area contributed by atoms with E-state index in [1.165, 1.54) is 37.3 Å². The van der Waals surface area contributed by atoms with E-state index in [-0.39, 0.29) is 5.82 Å². The van der Waals surface area contributed by atoms with Gasteiger partial charge in [0, 0.05) is 4.70 Å². The molecule has 0 saturated heterocycles. The molecule has 0 saturated carbocycles. The lowest BCUT2D eigenvalue weighted by Crippen LogP contribution is -2.49. The molecular weight excluding hydrogens is 281 g/mol. The van der Waals surface area contributed by atoms with E-state index in [4.69, 9.17) is 5.11 Å². The monoisotopic (exact) mass is 295 g/mol. The molecule has 1 amide bonds. The molecule has 0 radical (unpaired) electrons.